The lowest BCUT2D eigenvalue weighted by Gasteiger charge is -2.16. The molecule has 0 amide bonds. The molecule has 1 fully saturated rings. The fourth-order valence-electron chi connectivity index (χ4n) is 2.03. The zero-order chi connectivity index (χ0) is 12.5. The molecule has 1 aliphatic heterocycles. The maximum atomic E-state index is 12.3. The molecule has 0 saturated carbocycles. The summed E-state index contributed by atoms with van der Waals surface area (Å²) >= 11 is 0. The first-order valence-corrected chi connectivity index (χ1v) is 7.14. The summed E-state index contributed by atoms with van der Waals surface area (Å²) in [7, 11) is -1.58. The van der Waals surface area contributed by atoms with Crippen molar-refractivity contribution in [2.45, 2.75) is 24.7 Å². The quantitative estimate of drug-likeness (QED) is 0.882. The van der Waals surface area contributed by atoms with E-state index in [2.05, 4.69) is 10.3 Å². The van der Waals surface area contributed by atoms with Gasteiger partial charge in [0.05, 0.1) is 0 Å². The molecule has 1 saturated heterocycles. The van der Waals surface area contributed by atoms with E-state index in [1.807, 2.05) is 6.92 Å². The maximum absolute atomic E-state index is 12.3. The highest BCUT2D eigenvalue weighted by Gasteiger charge is 2.27. The second-order valence-electron chi connectivity index (χ2n) is 4.20. The van der Waals surface area contributed by atoms with Gasteiger partial charge >= 0.3 is 0 Å². The third-order valence-corrected chi connectivity index (χ3v) is 4.86. The van der Waals surface area contributed by atoms with Gasteiger partial charge in [-0.25, -0.2) is 13.4 Å². The normalized spacial score (nSPS) is 17.3. The zero-order valence-electron chi connectivity index (χ0n) is 10.1. The number of nitrogens with zero attached hydrogens (tertiary/aromatic N) is 2. The number of sulfonamides is 1. The molecule has 5 nitrogen and oxygen atoms in total. The summed E-state index contributed by atoms with van der Waals surface area (Å²) in [6, 6.07) is 1.67. The number of aryl methyl sites for hydroxylation is 1. The molecule has 2 heterocycles. The van der Waals surface area contributed by atoms with Crippen LogP contribution in [-0.4, -0.2) is 37.8 Å². The number of aromatic nitrogens is 1. The number of rotatable bonds is 3. The lowest BCUT2D eigenvalue weighted by Crippen LogP contribution is -2.28. The second kappa shape index (κ2) is 4.62. The van der Waals surface area contributed by atoms with Crippen LogP contribution in [0.2, 0.25) is 0 Å². The summed E-state index contributed by atoms with van der Waals surface area (Å²) in [4.78, 5) is 4.41. The molecule has 0 unspecified atom stereocenters. The molecule has 0 atom stereocenters. The Morgan fingerprint density at radius 2 is 2.00 bits per heavy atom. The number of pyridine rings is 1. The molecule has 0 aromatic carbocycles. The van der Waals surface area contributed by atoms with Crippen molar-refractivity contribution in [3.8, 4) is 0 Å². The Bertz CT molecular complexity index is 507. The molecule has 1 aromatic rings. The Morgan fingerprint density at radius 1 is 1.35 bits per heavy atom. The first kappa shape index (κ1) is 12.3. The zero-order valence-corrected chi connectivity index (χ0v) is 10.9. The van der Waals surface area contributed by atoms with E-state index in [0.29, 0.717) is 18.9 Å². The van der Waals surface area contributed by atoms with Gasteiger partial charge in [-0.1, -0.05) is 0 Å². The van der Waals surface area contributed by atoms with Gasteiger partial charge in [0.25, 0.3) is 0 Å². The van der Waals surface area contributed by atoms with Crippen LogP contribution in [0.25, 0.3) is 0 Å². The molecular weight excluding hydrogens is 238 g/mol. The Morgan fingerprint density at radius 3 is 2.53 bits per heavy atom. The van der Waals surface area contributed by atoms with Crippen molar-refractivity contribution in [3.05, 3.63) is 17.8 Å². The fraction of sp³-hybridized carbons (Fsp3) is 0.545. The van der Waals surface area contributed by atoms with Crippen LogP contribution in [0.15, 0.2) is 17.2 Å². The number of nitrogens with one attached hydrogen (secondary N) is 1. The van der Waals surface area contributed by atoms with Crippen molar-refractivity contribution < 1.29 is 8.42 Å². The van der Waals surface area contributed by atoms with Crippen molar-refractivity contribution in [2.24, 2.45) is 0 Å². The van der Waals surface area contributed by atoms with Crippen LogP contribution in [-0.2, 0) is 10.0 Å². The SMILES string of the molecule is CNc1ncc(S(=O)(=O)N2CCCC2)cc1C. The van der Waals surface area contributed by atoms with Crippen molar-refractivity contribution in [3.63, 3.8) is 0 Å². The van der Waals surface area contributed by atoms with E-state index >= 15 is 0 Å². The molecule has 1 aromatic heterocycles. The van der Waals surface area contributed by atoms with Gasteiger partial charge in [0, 0.05) is 26.3 Å². The van der Waals surface area contributed by atoms with E-state index in [1.165, 1.54) is 10.5 Å². The summed E-state index contributed by atoms with van der Waals surface area (Å²) in [5, 5.41) is 2.92. The average Bonchev–Trinajstić information content (AvgIpc) is 2.83. The van der Waals surface area contributed by atoms with Gasteiger partial charge in [-0.05, 0) is 31.4 Å². The van der Waals surface area contributed by atoms with Gasteiger partial charge in [0.1, 0.15) is 10.7 Å². The van der Waals surface area contributed by atoms with Gasteiger partial charge in [-0.3, -0.25) is 0 Å². The van der Waals surface area contributed by atoms with Crippen LogP contribution in [0.5, 0.6) is 0 Å². The van der Waals surface area contributed by atoms with Crippen LogP contribution >= 0.6 is 0 Å². The third kappa shape index (κ3) is 2.28. The first-order chi connectivity index (χ1) is 8.05. The average molecular weight is 255 g/mol. The topological polar surface area (TPSA) is 62.3 Å². The lowest BCUT2D eigenvalue weighted by atomic mass is 10.3. The molecular formula is C11H17N3O2S. The second-order valence-corrected chi connectivity index (χ2v) is 6.14. The van der Waals surface area contributed by atoms with E-state index < -0.39 is 10.0 Å². The van der Waals surface area contributed by atoms with Crippen molar-refractivity contribution in [1.29, 1.82) is 0 Å². The molecule has 0 spiro atoms. The Hall–Kier alpha value is -1.14. The van der Waals surface area contributed by atoms with Crippen molar-refractivity contribution >= 4 is 15.8 Å². The highest BCUT2D eigenvalue weighted by atomic mass is 32.2. The predicted molar refractivity (Wildman–Crippen MR) is 66.5 cm³/mol. The van der Waals surface area contributed by atoms with E-state index in [0.717, 1.165) is 18.4 Å². The largest absolute Gasteiger partial charge is 0.373 e. The fourth-order valence-corrected chi connectivity index (χ4v) is 3.58. The van der Waals surface area contributed by atoms with E-state index in [4.69, 9.17) is 0 Å². The van der Waals surface area contributed by atoms with Crippen LogP contribution in [0.3, 0.4) is 0 Å². The minimum absolute atomic E-state index is 0.288. The minimum atomic E-state index is -3.34. The van der Waals surface area contributed by atoms with Crippen molar-refractivity contribution in [2.75, 3.05) is 25.5 Å². The standard InChI is InChI=1S/C11H17N3O2S/c1-9-7-10(8-13-11(9)12-2)17(15,16)14-5-3-4-6-14/h7-8H,3-6H2,1-2H3,(H,12,13). The predicted octanol–water partition coefficient (Wildman–Crippen LogP) is 1.22. The molecule has 0 aliphatic carbocycles. The Labute approximate surface area is 102 Å². The Balaban J connectivity index is 2.36. The molecule has 0 bridgehead atoms. The number of hydrogen-bond donors (Lipinski definition) is 1. The smallest absolute Gasteiger partial charge is 0.244 e. The summed E-state index contributed by atoms with van der Waals surface area (Å²) in [5.41, 5.74) is 0.841. The van der Waals surface area contributed by atoms with Gasteiger partial charge in [0.2, 0.25) is 10.0 Å². The summed E-state index contributed by atoms with van der Waals surface area (Å²) in [6.45, 7) is 3.09. The summed E-state index contributed by atoms with van der Waals surface area (Å²) < 4.78 is 26.0. The molecule has 6 heteroatoms. The van der Waals surface area contributed by atoms with E-state index in [9.17, 15) is 8.42 Å². The highest BCUT2D eigenvalue weighted by molar-refractivity contribution is 7.89. The molecule has 2 rings (SSSR count). The van der Waals surface area contributed by atoms with Gasteiger partial charge in [-0.2, -0.15) is 4.31 Å². The lowest BCUT2D eigenvalue weighted by molar-refractivity contribution is 0.477. The van der Waals surface area contributed by atoms with Gasteiger partial charge in [-0.15, -0.1) is 0 Å². The molecule has 0 radical (unpaired) electrons. The molecule has 1 N–H and O–H groups in total. The van der Waals surface area contributed by atoms with Gasteiger partial charge < -0.3 is 5.32 Å². The molecule has 1 aliphatic rings. The summed E-state index contributed by atoms with van der Waals surface area (Å²) in [5.74, 6) is 0.713. The van der Waals surface area contributed by atoms with Crippen LogP contribution in [0.1, 0.15) is 18.4 Å². The highest BCUT2D eigenvalue weighted by Crippen LogP contribution is 2.22. The van der Waals surface area contributed by atoms with Gasteiger partial charge in [0.15, 0.2) is 0 Å². The van der Waals surface area contributed by atoms with Crippen LogP contribution < -0.4 is 5.32 Å². The number of anilines is 1. The maximum Gasteiger partial charge on any atom is 0.244 e. The van der Waals surface area contributed by atoms with Crippen molar-refractivity contribution in [1.82, 2.24) is 9.29 Å². The minimum Gasteiger partial charge on any atom is -0.373 e. The first-order valence-electron chi connectivity index (χ1n) is 5.70. The number of hydrogen-bond acceptors (Lipinski definition) is 4. The van der Waals surface area contributed by atoms with E-state index in [1.54, 1.807) is 13.1 Å². The molecule has 17 heavy (non-hydrogen) atoms. The monoisotopic (exact) mass is 255 g/mol. The van der Waals surface area contributed by atoms with E-state index in [-0.39, 0.29) is 4.90 Å². The van der Waals surface area contributed by atoms with Crippen LogP contribution in [0.4, 0.5) is 5.82 Å². The van der Waals surface area contributed by atoms with Crippen LogP contribution in [0, 0.1) is 6.92 Å². The Kier molecular flexibility index (Phi) is 3.35. The third-order valence-electron chi connectivity index (χ3n) is 2.99. The molecule has 94 valence electrons. The summed E-state index contributed by atoms with van der Waals surface area (Å²) in [6.07, 6.45) is 3.31.